The molecule has 0 aliphatic carbocycles. The third-order valence-corrected chi connectivity index (χ3v) is 1.37. The molecule has 1 rings (SSSR count). The van der Waals surface area contributed by atoms with E-state index in [1.807, 2.05) is 0 Å². The second-order valence-electron chi connectivity index (χ2n) is 1.93. The average molecular weight is 204 g/mol. The summed E-state index contributed by atoms with van der Waals surface area (Å²) in [7, 11) is 0. The molecule has 8 heteroatoms. The van der Waals surface area contributed by atoms with Crippen LogP contribution >= 0.6 is 11.6 Å². The van der Waals surface area contributed by atoms with Crippen molar-refractivity contribution in [3.8, 4) is 0 Å². The van der Waals surface area contributed by atoms with E-state index in [-0.39, 0.29) is 5.02 Å². The van der Waals surface area contributed by atoms with Crippen LogP contribution in [0.25, 0.3) is 0 Å². The molecule has 7 nitrogen and oxygen atoms in total. The molecule has 0 aliphatic rings. The van der Waals surface area contributed by atoms with Gasteiger partial charge in [0.2, 0.25) is 5.69 Å². The van der Waals surface area contributed by atoms with Crippen molar-refractivity contribution in [2.75, 3.05) is 0 Å². The molecule has 0 saturated heterocycles. The number of rotatable bonds is 2. The number of carbonyl (C=O) groups is 1. The van der Waals surface area contributed by atoms with Crippen LogP contribution in [0, 0.1) is 10.1 Å². The first kappa shape index (κ1) is 9.33. The number of carboxylic acids is 1. The molecule has 1 aromatic rings. The molecule has 0 aromatic carbocycles. The predicted octanol–water partition coefficient (Wildman–Crippen LogP) is 0.736. The molecule has 68 valence electrons. The Labute approximate surface area is 76.1 Å². The normalized spacial score (nSPS) is 9.62. The van der Waals surface area contributed by atoms with Crippen LogP contribution in [0.2, 0.25) is 5.02 Å². The maximum Gasteiger partial charge on any atom is 0.469 e. The van der Waals surface area contributed by atoms with Gasteiger partial charge in [-0.3, -0.25) is 0 Å². The monoisotopic (exact) mass is 203 g/mol. The largest absolute Gasteiger partial charge is 0.475 e. The fourth-order valence-corrected chi connectivity index (χ4v) is 0.768. The first-order chi connectivity index (χ1) is 6.02. The van der Waals surface area contributed by atoms with Gasteiger partial charge in [0, 0.05) is 0 Å². The molecule has 0 aliphatic heterocycles. The highest BCUT2D eigenvalue weighted by molar-refractivity contribution is 6.33. The van der Waals surface area contributed by atoms with Gasteiger partial charge in [-0.25, -0.2) is 4.79 Å². The van der Waals surface area contributed by atoms with E-state index in [4.69, 9.17) is 16.7 Å². The molecule has 0 spiro atoms. The van der Waals surface area contributed by atoms with E-state index >= 15 is 0 Å². The molecule has 1 N–H and O–H groups in total. The molecular formula is C5H2ClN3O4. The van der Waals surface area contributed by atoms with Crippen molar-refractivity contribution < 1.29 is 14.8 Å². The van der Waals surface area contributed by atoms with E-state index in [1.165, 1.54) is 0 Å². The molecular weight excluding hydrogens is 202 g/mol. The lowest BCUT2D eigenvalue weighted by molar-refractivity contribution is -0.394. The van der Waals surface area contributed by atoms with E-state index < -0.39 is 22.5 Å². The molecule has 0 atom stereocenters. The van der Waals surface area contributed by atoms with E-state index in [9.17, 15) is 14.9 Å². The molecule has 1 heterocycles. The highest BCUT2D eigenvalue weighted by atomic mass is 35.5. The van der Waals surface area contributed by atoms with Crippen LogP contribution in [-0.4, -0.2) is 26.0 Å². The van der Waals surface area contributed by atoms with E-state index in [0.717, 1.165) is 6.20 Å². The first-order valence-electron chi connectivity index (χ1n) is 2.92. The zero-order valence-electron chi connectivity index (χ0n) is 5.97. The van der Waals surface area contributed by atoms with Crippen molar-refractivity contribution in [1.82, 2.24) is 9.97 Å². The topological polar surface area (TPSA) is 106 Å². The summed E-state index contributed by atoms with van der Waals surface area (Å²) >= 11 is 5.37. The van der Waals surface area contributed by atoms with Crippen LogP contribution in [-0.2, 0) is 0 Å². The summed E-state index contributed by atoms with van der Waals surface area (Å²) in [4.78, 5) is 26.0. The van der Waals surface area contributed by atoms with E-state index in [2.05, 4.69) is 9.97 Å². The van der Waals surface area contributed by atoms with Crippen molar-refractivity contribution in [3.05, 3.63) is 27.0 Å². The molecule has 0 radical (unpaired) electrons. The van der Waals surface area contributed by atoms with Gasteiger partial charge in [-0.15, -0.1) is 0 Å². The van der Waals surface area contributed by atoms with Gasteiger partial charge in [0.05, 0.1) is 0 Å². The number of hydrogen-bond acceptors (Lipinski definition) is 5. The number of aromatic nitrogens is 2. The van der Waals surface area contributed by atoms with Crippen LogP contribution in [0.5, 0.6) is 0 Å². The van der Waals surface area contributed by atoms with Gasteiger partial charge in [0.1, 0.15) is 11.2 Å². The van der Waals surface area contributed by atoms with E-state index in [1.54, 1.807) is 0 Å². The fourth-order valence-electron chi connectivity index (χ4n) is 0.596. The molecule has 0 saturated carbocycles. The second-order valence-corrected chi connectivity index (χ2v) is 2.34. The second kappa shape index (κ2) is 3.31. The number of hydrogen-bond donors (Lipinski definition) is 1. The van der Waals surface area contributed by atoms with Gasteiger partial charge >= 0.3 is 11.9 Å². The summed E-state index contributed by atoms with van der Waals surface area (Å²) in [5, 5.41) is 18.4. The molecule has 0 fully saturated rings. The van der Waals surface area contributed by atoms with Crippen LogP contribution in [0.1, 0.15) is 10.5 Å². The number of nitrogens with zero attached hydrogens (tertiary/aromatic N) is 3. The van der Waals surface area contributed by atoms with Gasteiger partial charge in [0.25, 0.3) is 0 Å². The lowest BCUT2D eigenvalue weighted by Crippen LogP contribution is -2.05. The first-order valence-corrected chi connectivity index (χ1v) is 3.30. The lowest BCUT2D eigenvalue weighted by atomic mass is 10.4. The Morgan fingerprint density at radius 1 is 1.69 bits per heavy atom. The molecule has 0 unspecified atom stereocenters. The van der Waals surface area contributed by atoms with Crippen molar-refractivity contribution in [3.63, 3.8) is 0 Å². The highest BCUT2D eigenvalue weighted by Crippen LogP contribution is 2.14. The summed E-state index contributed by atoms with van der Waals surface area (Å²) in [6.07, 6.45) is 0.871. The summed E-state index contributed by atoms with van der Waals surface area (Å²) in [6.45, 7) is 0. The smallest absolute Gasteiger partial charge is 0.469 e. The van der Waals surface area contributed by atoms with Gasteiger partial charge in [0.15, 0.2) is 0 Å². The predicted molar refractivity (Wildman–Crippen MR) is 40.7 cm³/mol. The van der Waals surface area contributed by atoms with Crippen LogP contribution in [0.4, 0.5) is 5.95 Å². The summed E-state index contributed by atoms with van der Waals surface area (Å²) in [5.74, 6) is -2.22. The third kappa shape index (κ3) is 1.88. The van der Waals surface area contributed by atoms with Gasteiger partial charge < -0.3 is 15.2 Å². The van der Waals surface area contributed by atoms with Crippen LogP contribution in [0.3, 0.4) is 0 Å². The van der Waals surface area contributed by atoms with E-state index in [0.29, 0.717) is 0 Å². The number of nitro groups is 1. The zero-order valence-corrected chi connectivity index (χ0v) is 6.72. The lowest BCUT2D eigenvalue weighted by Gasteiger charge is -1.93. The molecule has 13 heavy (non-hydrogen) atoms. The van der Waals surface area contributed by atoms with Crippen molar-refractivity contribution in [2.45, 2.75) is 0 Å². The number of halogens is 1. The SMILES string of the molecule is O=C(O)c1nc([N+](=O)[O-])ncc1Cl. The quantitative estimate of drug-likeness (QED) is 0.561. The Balaban J connectivity index is 3.27. The Morgan fingerprint density at radius 2 is 2.31 bits per heavy atom. The number of carboxylic acid groups (broad SMARTS) is 1. The zero-order chi connectivity index (χ0) is 10.0. The summed E-state index contributed by atoms with van der Waals surface area (Å²) in [5.41, 5.74) is -0.580. The summed E-state index contributed by atoms with van der Waals surface area (Å²) < 4.78 is 0. The molecule has 1 aromatic heterocycles. The fraction of sp³-hybridized carbons (Fsp3) is 0. The highest BCUT2D eigenvalue weighted by Gasteiger charge is 2.20. The Bertz CT molecular complexity index is 380. The van der Waals surface area contributed by atoms with Gasteiger partial charge in [-0.05, 0) is 4.92 Å². The van der Waals surface area contributed by atoms with Gasteiger partial charge in [-0.1, -0.05) is 21.6 Å². The Morgan fingerprint density at radius 3 is 2.77 bits per heavy atom. The maximum atomic E-state index is 10.4. The molecule has 0 bridgehead atoms. The average Bonchev–Trinajstić information content (AvgIpc) is 2.04. The third-order valence-electron chi connectivity index (χ3n) is 1.10. The molecule has 0 amide bonds. The minimum absolute atomic E-state index is 0.238. The number of aromatic carboxylic acids is 1. The van der Waals surface area contributed by atoms with Gasteiger partial charge in [-0.2, -0.15) is 0 Å². The Hall–Kier alpha value is -1.76. The van der Waals surface area contributed by atoms with Crippen molar-refractivity contribution in [2.24, 2.45) is 0 Å². The van der Waals surface area contributed by atoms with Crippen LogP contribution in [0.15, 0.2) is 6.20 Å². The van der Waals surface area contributed by atoms with Crippen molar-refractivity contribution >= 4 is 23.5 Å². The van der Waals surface area contributed by atoms with Crippen LogP contribution < -0.4 is 0 Å². The standard InChI is InChI=1S/C5H2ClN3O4/c6-2-1-7-5(9(12)13)8-3(2)4(10)11/h1H,(H,10,11). The minimum atomic E-state index is -1.43. The Kier molecular flexibility index (Phi) is 2.38. The summed E-state index contributed by atoms with van der Waals surface area (Å²) in [6, 6.07) is 0. The maximum absolute atomic E-state index is 10.4. The van der Waals surface area contributed by atoms with Crippen molar-refractivity contribution in [1.29, 1.82) is 0 Å². The minimum Gasteiger partial charge on any atom is -0.475 e.